The van der Waals surface area contributed by atoms with Gasteiger partial charge in [-0.1, -0.05) is 13.8 Å². The lowest BCUT2D eigenvalue weighted by molar-refractivity contribution is -0.150. The maximum atomic E-state index is 12.2. The van der Waals surface area contributed by atoms with E-state index < -0.39 is 6.04 Å². The number of piperazine rings is 1. The second kappa shape index (κ2) is 8.21. The molecule has 2 atom stereocenters. The molecule has 6 heteroatoms. The summed E-state index contributed by atoms with van der Waals surface area (Å²) in [6.07, 6.45) is 0.669. The third kappa shape index (κ3) is 4.76. The maximum Gasteiger partial charge on any atom is 0.245 e. The average Bonchev–Trinajstić information content (AvgIpc) is 2.38. The number of carbonyl (C=O) groups excluding carboxylic acids is 2. The van der Waals surface area contributed by atoms with Gasteiger partial charge in [-0.15, -0.1) is 0 Å². The molecule has 1 N–H and O–H groups in total. The second-order valence-electron chi connectivity index (χ2n) is 5.51. The van der Waals surface area contributed by atoms with E-state index >= 15 is 0 Å². The normalized spacial score (nSPS) is 23.4. The monoisotopic (exact) mass is 286 g/mol. The molecule has 1 aliphatic rings. The van der Waals surface area contributed by atoms with Crippen LogP contribution in [-0.4, -0.2) is 62.3 Å². The Morgan fingerprint density at radius 1 is 1.25 bits per heavy atom. The number of ether oxygens (including phenoxy) is 2. The van der Waals surface area contributed by atoms with Gasteiger partial charge in [-0.2, -0.15) is 0 Å². The van der Waals surface area contributed by atoms with E-state index in [9.17, 15) is 9.59 Å². The van der Waals surface area contributed by atoms with Crippen LogP contribution in [-0.2, 0) is 19.1 Å². The highest BCUT2D eigenvalue weighted by atomic mass is 16.5. The van der Waals surface area contributed by atoms with Crippen molar-refractivity contribution in [3.63, 3.8) is 0 Å². The van der Waals surface area contributed by atoms with E-state index in [0.29, 0.717) is 38.7 Å². The number of nitrogens with one attached hydrogen (secondary N) is 1. The molecule has 116 valence electrons. The Kier molecular flexibility index (Phi) is 6.95. The number of amides is 2. The molecule has 1 aliphatic heterocycles. The first-order chi connectivity index (χ1) is 9.47. The van der Waals surface area contributed by atoms with E-state index in [2.05, 4.69) is 5.32 Å². The topological polar surface area (TPSA) is 67.9 Å². The average molecular weight is 286 g/mol. The summed E-state index contributed by atoms with van der Waals surface area (Å²) in [6, 6.07) is -0.838. The lowest BCUT2D eigenvalue weighted by atomic mass is 9.98. The van der Waals surface area contributed by atoms with Crippen molar-refractivity contribution in [1.29, 1.82) is 0 Å². The fourth-order valence-electron chi connectivity index (χ4n) is 2.27. The summed E-state index contributed by atoms with van der Waals surface area (Å²) < 4.78 is 10.3. The van der Waals surface area contributed by atoms with Crippen LogP contribution in [0.4, 0.5) is 0 Å². The van der Waals surface area contributed by atoms with Crippen molar-refractivity contribution in [1.82, 2.24) is 10.2 Å². The molecule has 0 spiro atoms. The molecule has 1 heterocycles. The first-order valence-electron chi connectivity index (χ1n) is 7.15. The fourth-order valence-corrected chi connectivity index (χ4v) is 2.27. The zero-order valence-electron chi connectivity index (χ0n) is 12.8. The molecule has 0 aromatic rings. The van der Waals surface area contributed by atoms with Crippen molar-refractivity contribution < 1.29 is 19.1 Å². The number of nitrogens with zero attached hydrogens (tertiary/aromatic N) is 1. The summed E-state index contributed by atoms with van der Waals surface area (Å²) in [6.45, 7) is 7.69. The molecule has 0 saturated carbocycles. The largest absolute Gasteiger partial charge is 0.382 e. The van der Waals surface area contributed by atoms with Crippen molar-refractivity contribution >= 4 is 11.8 Å². The second-order valence-corrected chi connectivity index (χ2v) is 5.51. The quantitative estimate of drug-likeness (QED) is 0.656. The number of hydrogen-bond acceptors (Lipinski definition) is 4. The zero-order chi connectivity index (χ0) is 15.1. The van der Waals surface area contributed by atoms with Crippen LogP contribution < -0.4 is 5.32 Å². The van der Waals surface area contributed by atoms with Crippen molar-refractivity contribution in [3.05, 3.63) is 0 Å². The highest BCUT2D eigenvalue weighted by Crippen LogP contribution is 2.17. The van der Waals surface area contributed by atoms with Gasteiger partial charge in [0, 0.05) is 13.7 Å². The van der Waals surface area contributed by atoms with E-state index in [1.54, 1.807) is 18.9 Å². The van der Waals surface area contributed by atoms with Crippen LogP contribution in [0.2, 0.25) is 0 Å². The lowest BCUT2D eigenvalue weighted by Gasteiger charge is -2.38. The van der Waals surface area contributed by atoms with Gasteiger partial charge in [0.25, 0.3) is 0 Å². The Hall–Kier alpha value is -1.14. The molecule has 1 rings (SSSR count). The van der Waals surface area contributed by atoms with Crippen LogP contribution in [0.15, 0.2) is 0 Å². The molecule has 6 nitrogen and oxygen atoms in total. The molecule has 2 unspecified atom stereocenters. The maximum absolute atomic E-state index is 12.2. The van der Waals surface area contributed by atoms with Crippen molar-refractivity contribution in [3.8, 4) is 0 Å². The van der Waals surface area contributed by atoms with Crippen LogP contribution >= 0.6 is 0 Å². The molecule has 0 bridgehead atoms. The van der Waals surface area contributed by atoms with Gasteiger partial charge < -0.3 is 19.7 Å². The van der Waals surface area contributed by atoms with Crippen LogP contribution in [0.3, 0.4) is 0 Å². The molecular weight excluding hydrogens is 260 g/mol. The molecule has 0 aromatic heterocycles. The van der Waals surface area contributed by atoms with Gasteiger partial charge in [0.2, 0.25) is 11.8 Å². The van der Waals surface area contributed by atoms with Crippen molar-refractivity contribution in [2.45, 2.75) is 39.3 Å². The van der Waals surface area contributed by atoms with Crippen molar-refractivity contribution in [2.24, 2.45) is 5.92 Å². The van der Waals surface area contributed by atoms with E-state index in [-0.39, 0.29) is 17.9 Å². The molecule has 1 saturated heterocycles. The molecule has 0 radical (unpaired) electrons. The Morgan fingerprint density at radius 2 is 1.95 bits per heavy atom. The highest BCUT2D eigenvalue weighted by Gasteiger charge is 2.38. The van der Waals surface area contributed by atoms with Crippen molar-refractivity contribution in [2.75, 3.05) is 33.5 Å². The minimum atomic E-state index is -0.454. The predicted molar refractivity (Wildman–Crippen MR) is 75.3 cm³/mol. The summed E-state index contributed by atoms with van der Waals surface area (Å²) >= 11 is 0. The molecule has 0 aliphatic carbocycles. The third-order valence-electron chi connectivity index (χ3n) is 3.29. The Labute approximate surface area is 120 Å². The lowest BCUT2D eigenvalue weighted by Crippen LogP contribution is -2.63. The summed E-state index contributed by atoms with van der Waals surface area (Å²) in [5.74, 6) is 0.247. The summed E-state index contributed by atoms with van der Waals surface area (Å²) in [4.78, 5) is 25.9. The Morgan fingerprint density at radius 3 is 2.55 bits per heavy atom. The van der Waals surface area contributed by atoms with Gasteiger partial charge in [-0.3, -0.25) is 9.59 Å². The fraction of sp³-hybridized carbons (Fsp3) is 0.857. The van der Waals surface area contributed by atoms with E-state index in [4.69, 9.17) is 9.47 Å². The van der Waals surface area contributed by atoms with Crippen LogP contribution in [0, 0.1) is 5.92 Å². The van der Waals surface area contributed by atoms with Crippen LogP contribution in [0.25, 0.3) is 0 Å². The smallest absolute Gasteiger partial charge is 0.245 e. The molecule has 2 amide bonds. The third-order valence-corrected chi connectivity index (χ3v) is 3.29. The predicted octanol–water partition coefficient (Wildman–Crippen LogP) is 0.411. The summed E-state index contributed by atoms with van der Waals surface area (Å²) in [7, 11) is 1.61. The molecule has 0 aromatic carbocycles. The van der Waals surface area contributed by atoms with Gasteiger partial charge >= 0.3 is 0 Å². The number of methoxy groups -OCH3 is 1. The van der Waals surface area contributed by atoms with Gasteiger partial charge in [-0.05, 0) is 19.3 Å². The standard InChI is InChI=1S/C14H26N2O4/c1-10(2)9-12-13(17)15-11(3)14(18)16(12)5-6-20-8-7-19-4/h10-12H,5-9H2,1-4H3,(H,15,17). The molecule has 20 heavy (non-hydrogen) atoms. The molecular formula is C14H26N2O4. The first kappa shape index (κ1) is 16.9. The Balaban J connectivity index is 2.58. The van der Waals surface area contributed by atoms with Gasteiger partial charge in [0.15, 0.2) is 0 Å². The SMILES string of the molecule is COCCOCCN1C(=O)C(C)NC(=O)C1CC(C)C. The van der Waals surface area contributed by atoms with Gasteiger partial charge in [0.1, 0.15) is 12.1 Å². The minimum Gasteiger partial charge on any atom is -0.382 e. The number of rotatable bonds is 8. The van der Waals surface area contributed by atoms with Gasteiger partial charge in [-0.25, -0.2) is 0 Å². The van der Waals surface area contributed by atoms with E-state index in [0.717, 1.165) is 0 Å². The van der Waals surface area contributed by atoms with Crippen LogP contribution in [0.1, 0.15) is 27.2 Å². The van der Waals surface area contributed by atoms with Crippen LogP contribution in [0.5, 0.6) is 0 Å². The number of hydrogen-bond donors (Lipinski definition) is 1. The number of carbonyl (C=O) groups is 2. The van der Waals surface area contributed by atoms with E-state index in [1.807, 2.05) is 13.8 Å². The first-order valence-corrected chi connectivity index (χ1v) is 7.15. The summed E-state index contributed by atoms with van der Waals surface area (Å²) in [5.41, 5.74) is 0. The van der Waals surface area contributed by atoms with E-state index in [1.165, 1.54) is 0 Å². The zero-order valence-corrected chi connectivity index (χ0v) is 12.8. The minimum absolute atomic E-state index is 0.0365. The summed E-state index contributed by atoms with van der Waals surface area (Å²) in [5, 5.41) is 2.73. The molecule has 1 fully saturated rings. The Bertz CT molecular complexity index is 333. The highest BCUT2D eigenvalue weighted by molar-refractivity contribution is 5.96. The van der Waals surface area contributed by atoms with Gasteiger partial charge in [0.05, 0.1) is 19.8 Å².